The number of furan rings is 2. The molecule has 14 heteroatoms. The van der Waals surface area contributed by atoms with E-state index in [-0.39, 0.29) is 5.95 Å². The fourth-order valence-electron chi connectivity index (χ4n) is 8.78. The van der Waals surface area contributed by atoms with Gasteiger partial charge in [-0.05, 0) is 109 Å². The highest BCUT2D eigenvalue weighted by Gasteiger charge is 2.21. The SMILES string of the molecule is CC.N=CC=N.Nc1ccc(-c2ccc3c(n2)c2nc(Oc4cc5cc6oc(Oc7ccc8c(c7)c7cccnc7n8-c7ccncc7)cc6cc5o4)ccc2n3-c2ccccc2)n1-c1ccccc1. The topological polar surface area (TPSA) is 185 Å². The molecule has 0 aliphatic rings. The minimum atomic E-state index is 0.288. The van der Waals surface area contributed by atoms with Crippen LogP contribution in [0.5, 0.6) is 23.5 Å². The fourth-order valence-corrected chi connectivity index (χ4v) is 8.78. The van der Waals surface area contributed by atoms with Crippen LogP contribution in [0.1, 0.15) is 13.8 Å². The lowest BCUT2D eigenvalue weighted by Gasteiger charge is -2.11. The number of anilines is 1. The number of benzene rings is 4. The smallest absolute Gasteiger partial charge is 0.292 e. The van der Waals surface area contributed by atoms with E-state index in [2.05, 4.69) is 38.4 Å². The first kappa shape index (κ1) is 42.8. The summed E-state index contributed by atoms with van der Waals surface area (Å²) in [6.45, 7) is 4.00. The molecule has 0 unspecified atom stereocenters. The lowest BCUT2D eigenvalue weighted by Crippen LogP contribution is -2.02. The van der Waals surface area contributed by atoms with Crippen molar-refractivity contribution in [2.75, 3.05) is 5.73 Å². The number of pyridine rings is 4. The summed E-state index contributed by atoms with van der Waals surface area (Å²) in [5.41, 5.74) is 17.4. The van der Waals surface area contributed by atoms with Crippen molar-refractivity contribution in [1.82, 2.24) is 33.6 Å². The minimum Gasteiger partial charge on any atom is -0.426 e. The third kappa shape index (κ3) is 7.60. The van der Waals surface area contributed by atoms with Crippen molar-refractivity contribution in [2.45, 2.75) is 13.8 Å². The third-order valence-corrected chi connectivity index (χ3v) is 11.7. The van der Waals surface area contributed by atoms with E-state index >= 15 is 0 Å². The van der Waals surface area contributed by atoms with E-state index in [1.807, 2.05) is 158 Å². The first-order valence-corrected chi connectivity index (χ1v) is 22.5. The van der Waals surface area contributed by atoms with Crippen LogP contribution in [0.2, 0.25) is 0 Å². The Morgan fingerprint density at radius 2 is 1.14 bits per heavy atom. The molecule has 0 amide bonds. The predicted molar refractivity (Wildman–Crippen MR) is 277 cm³/mol. The van der Waals surface area contributed by atoms with E-state index in [4.69, 9.17) is 49.8 Å². The first-order chi connectivity index (χ1) is 34.5. The molecule has 0 atom stereocenters. The number of nitrogens with two attached hydrogens (primary N) is 1. The van der Waals surface area contributed by atoms with Crippen LogP contribution in [0.4, 0.5) is 5.82 Å². The molecule has 9 aromatic heterocycles. The van der Waals surface area contributed by atoms with Crippen LogP contribution in [0.3, 0.4) is 0 Å². The molecular formula is C56H42N10O4. The quantitative estimate of drug-likeness (QED) is 0.119. The van der Waals surface area contributed by atoms with E-state index in [0.29, 0.717) is 40.1 Å². The molecule has 9 heterocycles. The van der Waals surface area contributed by atoms with E-state index in [1.54, 1.807) is 18.6 Å². The second-order valence-corrected chi connectivity index (χ2v) is 15.8. The van der Waals surface area contributed by atoms with Crippen molar-refractivity contribution in [3.05, 3.63) is 182 Å². The van der Waals surface area contributed by atoms with E-state index < -0.39 is 0 Å². The normalized spacial score (nSPS) is 11.2. The van der Waals surface area contributed by atoms with E-state index in [0.717, 1.165) is 90.1 Å². The molecule has 70 heavy (non-hydrogen) atoms. The van der Waals surface area contributed by atoms with Crippen LogP contribution >= 0.6 is 0 Å². The second kappa shape index (κ2) is 18.1. The van der Waals surface area contributed by atoms with Crippen molar-refractivity contribution >= 4 is 84.2 Å². The number of fused-ring (bicyclic) bond motifs is 8. The molecule has 4 aromatic carbocycles. The molecule has 0 saturated heterocycles. The van der Waals surface area contributed by atoms with Crippen LogP contribution in [-0.2, 0) is 0 Å². The van der Waals surface area contributed by atoms with Crippen molar-refractivity contribution in [3.63, 3.8) is 0 Å². The van der Waals surface area contributed by atoms with Gasteiger partial charge in [-0.2, -0.15) is 0 Å². The molecule has 340 valence electrons. The number of rotatable bonds is 9. The molecule has 0 aliphatic heterocycles. The first-order valence-electron chi connectivity index (χ1n) is 22.5. The largest absolute Gasteiger partial charge is 0.426 e. The Kier molecular flexibility index (Phi) is 11.1. The molecule has 0 bridgehead atoms. The molecule has 0 fully saturated rings. The minimum absolute atomic E-state index is 0.288. The maximum Gasteiger partial charge on any atom is 0.292 e. The van der Waals surface area contributed by atoms with Gasteiger partial charge in [0.25, 0.3) is 11.9 Å². The molecule has 0 spiro atoms. The van der Waals surface area contributed by atoms with Crippen molar-refractivity contribution in [3.8, 4) is 52.0 Å². The zero-order valence-electron chi connectivity index (χ0n) is 37.8. The fraction of sp³-hybridized carbons (Fsp3) is 0.0357. The van der Waals surface area contributed by atoms with Gasteiger partial charge in [0.15, 0.2) is 0 Å². The van der Waals surface area contributed by atoms with Crippen LogP contribution in [0.15, 0.2) is 191 Å². The Balaban J connectivity index is 0.000000848. The van der Waals surface area contributed by atoms with Crippen molar-refractivity contribution in [1.29, 1.82) is 10.8 Å². The zero-order valence-corrected chi connectivity index (χ0v) is 37.8. The molecule has 0 saturated carbocycles. The predicted octanol–water partition coefficient (Wildman–Crippen LogP) is 13.9. The highest BCUT2D eigenvalue weighted by molar-refractivity contribution is 6.12. The van der Waals surface area contributed by atoms with Gasteiger partial charge in [0.05, 0.1) is 33.6 Å². The molecule has 0 radical (unpaired) electrons. The average Bonchev–Trinajstić information content (AvgIpc) is 4.24. The summed E-state index contributed by atoms with van der Waals surface area (Å²) < 4.78 is 31.4. The van der Waals surface area contributed by atoms with Gasteiger partial charge in [0.1, 0.15) is 39.4 Å². The molecule has 14 nitrogen and oxygen atoms in total. The number of ether oxygens (including phenoxy) is 2. The van der Waals surface area contributed by atoms with Gasteiger partial charge in [-0.25, -0.2) is 15.0 Å². The van der Waals surface area contributed by atoms with E-state index in [1.165, 1.54) is 0 Å². The number of nitrogens with one attached hydrogen (secondary N) is 2. The second-order valence-electron chi connectivity index (χ2n) is 15.8. The summed E-state index contributed by atoms with van der Waals surface area (Å²) in [5.74, 6) is 2.26. The Bertz CT molecular complexity index is 3980. The monoisotopic (exact) mass is 918 g/mol. The summed E-state index contributed by atoms with van der Waals surface area (Å²) in [6.07, 6.45) is 7.19. The van der Waals surface area contributed by atoms with Gasteiger partial charge in [-0.15, -0.1) is 0 Å². The summed E-state index contributed by atoms with van der Waals surface area (Å²) in [6, 6.07) is 53.5. The van der Waals surface area contributed by atoms with Gasteiger partial charge in [0.2, 0.25) is 5.88 Å². The van der Waals surface area contributed by atoms with Crippen LogP contribution in [-0.4, -0.2) is 46.1 Å². The Hall–Kier alpha value is -9.82. The molecular weight excluding hydrogens is 877 g/mol. The Morgan fingerprint density at radius 1 is 0.529 bits per heavy atom. The van der Waals surface area contributed by atoms with Crippen molar-refractivity contribution in [2.24, 2.45) is 0 Å². The Morgan fingerprint density at radius 3 is 1.83 bits per heavy atom. The summed E-state index contributed by atoms with van der Waals surface area (Å²) in [7, 11) is 0. The number of hydrogen-bond acceptors (Lipinski definition) is 11. The zero-order chi connectivity index (χ0) is 47.7. The van der Waals surface area contributed by atoms with Crippen LogP contribution in [0.25, 0.3) is 94.4 Å². The van der Waals surface area contributed by atoms with Gasteiger partial charge < -0.3 is 39.4 Å². The Labute approximate surface area is 399 Å². The number of para-hydroxylation sites is 2. The van der Waals surface area contributed by atoms with Crippen LogP contribution in [0, 0.1) is 10.8 Å². The molecule has 0 aliphatic carbocycles. The molecule has 13 aromatic rings. The standard InChI is InChI=1S/C52H32N8O4.C2H4N2.C2H6/c53-46-19-17-41(59(46)34-10-5-2-6-11-34)39-14-16-42-50(56-39)51-43(58(42)33-8-3-1-4-9-33)18-20-47(57-51)64-49-29-32-27-44-31(26-45(32)63-49)28-48(62-44)61-36-13-15-40-38(30-36)37-12-7-23-55-52(37)60(40)35-21-24-54-25-22-35;3-1-2-4;1-2/h1-30H,53H2;1-4H;1-2H3. The summed E-state index contributed by atoms with van der Waals surface area (Å²) in [5, 5.41) is 15.8. The summed E-state index contributed by atoms with van der Waals surface area (Å²) in [4.78, 5) is 19.2. The molecule has 13 rings (SSSR count). The number of aromatic nitrogens is 7. The number of nitrogen functional groups attached to an aromatic ring is 1. The third-order valence-electron chi connectivity index (χ3n) is 11.7. The maximum atomic E-state index is 6.50. The van der Waals surface area contributed by atoms with Gasteiger partial charge in [-0.3, -0.25) is 14.1 Å². The lowest BCUT2D eigenvalue weighted by atomic mass is 10.2. The average molecular weight is 919 g/mol. The van der Waals surface area contributed by atoms with Gasteiger partial charge in [0, 0.05) is 82.1 Å². The maximum absolute atomic E-state index is 6.50. The molecule has 4 N–H and O–H groups in total. The van der Waals surface area contributed by atoms with Crippen molar-refractivity contribution < 1.29 is 18.3 Å². The van der Waals surface area contributed by atoms with Gasteiger partial charge >= 0.3 is 0 Å². The van der Waals surface area contributed by atoms with Crippen LogP contribution < -0.4 is 15.2 Å². The number of nitrogens with zero attached hydrogens (tertiary/aromatic N) is 7. The summed E-state index contributed by atoms with van der Waals surface area (Å²) >= 11 is 0. The lowest BCUT2D eigenvalue weighted by molar-refractivity contribution is 0.351. The van der Waals surface area contributed by atoms with E-state index in [9.17, 15) is 0 Å². The number of hydrogen-bond donors (Lipinski definition) is 3. The highest BCUT2D eigenvalue weighted by Crippen LogP contribution is 2.40. The van der Waals surface area contributed by atoms with Gasteiger partial charge in [-0.1, -0.05) is 50.2 Å². The highest BCUT2D eigenvalue weighted by atomic mass is 16.6.